The van der Waals surface area contributed by atoms with E-state index in [4.69, 9.17) is 4.42 Å². The van der Waals surface area contributed by atoms with Gasteiger partial charge in [-0.25, -0.2) is 9.78 Å². The summed E-state index contributed by atoms with van der Waals surface area (Å²) in [7, 11) is 0. The van der Waals surface area contributed by atoms with Crippen molar-refractivity contribution < 1.29 is 9.21 Å². The Morgan fingerprint density at radius 2 is 2.08 bits per heavy atom. The van der Waals surface area contributed by atoms with Gasteiger partial charge in [0.05, 0.1) is 6.33 Å². The number of hydrogen-bond acceptors (Lipinski definition) is 5. The van der Waals surface area contributed by atoms with Gasteiger partial charge in [0.15, 0.2) is 0 Å². The van der Waals surface area contributed by atoms with E-state index in [0.717, 1.165) is 4.47 Å². The molecule has 2 heterocycles. The summed E-state index contributed by atoms with van der Waals surface area (Å²) in [6, 6.07) is 7.97. The average molecular weight is 390 g/mol. The van der Waals surface area contributed by atoms with Gasteiger partial charge in [0.1, 0.15) is 11.1 Å². The third kappa shape index (κ3) is 3.43. The van der Waals surface area contributed by atoms with Crippen molar-refractivity contribution in [2.45, 2.75) is 6.54 Å². The Hall–Kier alpha value is -2.74. The minimum absolute atomic E-state index is 0.0841. The van der Waals surface area contributed by atoms with Crippen molar-refractivity contribution in [2.24, 2.45) is 0 Å². The molecule has 0 bridgehead atoms. The van der Waals surface area contributed by atoms with Crippen LogP contribution in [-0.4, -0.2) is 22.0 Å². The lowest BCUT2D eigenvalue weighted by atomic mass is 10.2. The van der Waals surface area contributed by atoms with E-state index >= 15 is 0 Å². The van der Waals surface area contributed by atoms with Gasteiger partial charge in [0.2, 0.25) is 0 Å². The number of nitrogens with one attached hydrogen (secondary N) is 1. The van der Waals surface area contributed by atoms with E-state index in [9.17, 15) is 14.4 Å². The molecule has 1 N–H and O–H groups in total. The predicted molar refractivity (Wildman–Crippen MR) is 91.0 cm³/mol. The third-order valence-corrected chi connectivity index (χ3v) is 3.86. The highest BCUT2D eigenvalue weighted by atomic mass is 79.9. The van der Waals surface area contributed by atoms with Gasteiger partial charge in [-0.1, -0.05) is 15.9 Å². The van der Waals surface area contributed by atoms with Crippen molar-refractivity contribution in [3.8, 4) is 0 Å². The molecule has 1 aromatic carbocycles. The molecule has 3 aromatic rings. The Balaban J connectivity index is 1.76. The van der Waals surface area contributed by atoms with Gasteiger partial charge in [0.25, 0.3) is 11.5 Å². The fraction of sp³-hybridized carbons (Fsp3) is 0.125. The molecule has 0 fully saturated rings. The van der Waals surface area contributed by atoms with Crippen molar-refractivity contribution in [1.29, 1.82) is 0 Å². The molecule has 8 heteroatoms. The number of nitrogens with zero attached hydrogens (tertiary/aromatic N) is 2. The molecule has 0 unspecified atom stereocenters. The normalized spacial score (nSPS) is 10.7. The van der Waals surface area contributed by atoms with Crippen LogP contribution in [0.2, 0.25) is 0 Å². The molecule has 24 heavy (non-hydrogen) atoms. The first-order chi connectivity index (χ1) is 11.5. The number of hydrogen-bond donors (Lipinski definition) is 1. The zero-order chi connectivity index (χ0) is 17.1. The Morgan fingerprint density at radius 3 is 2.88 bits per heavy atom. The monoisotopic (exact) mass is 389 g/mol. The van der Waals surface area contributed by atoms with Gasteiger partial charge in [-0.05, 0) is 24.3 Å². The number of carbonyl (C=O) groups excluding carboxylic acids is 1. The smallest absolute Gasteiger partial charge is 0.349 e. The lowest BCUT2D eigenvalue weighted by Crippen LogP contribution is -2.33. The Bertz CT molecular complexity index is 1030. The summed E-state index contributed by atoms with van der Waals surface area (Å²) in [5.74, 6) is -0.553. The number of halogens is 1. The van der Waals surface area contributed by atoms with E-state index in [1.807, 2.05) is 0 Å². The quantitative estimate of drug-likeness (QED) is 0.683. The number of fused-ring (bicyclic) bond motifs is 1. The van der Waals surface area contributed by atoms with Crippen molar-refractivity contribution in [3.05, 3.63) is 73.7 Å². The van der Waals surface area contributed by atoms with Gasteiger partial charge in [-0.3, -0.25) is 14.2 Å². The number of benzene rings is 1. The zero-order valence-electron chi connectivity index (χ0n) is 12.4. The molecular formula is C16H12BrN3O4. The highest BCUT2D eigenvalue weighted by Crippen LogP contribution is 2.19. The van der Waals surface area contributed by atoms with E-state index in [0.29, 0.717) is 11.0 Å². The number of carbonyl (C=O) groups is 1. The largest absolute Gasteiger partial charge is 0.422 e. The Labute approximate surface area is 144 Å². The first-order valence-corrected chi connectivity index (χ1v) is 7.86. The summed E-state index contributed by atoms with van der Waals surface area (Å²) in [4.78, 5) is 39.5. The van der Waals surface area contributed by atoms with E-state index in [1.54, 1.807) is 18.2 Å². The summed E-state index contributed by atoms with van der Waals surface area (Å²) in [6.45, 7) is 0.434. The molecule has 0 spiro atoms. The maximum Gasteiger partial charge on any atom is 0.349 e. The standard InChI is InChI=1S/C16H12BrN3O4/c17-11-1-2-13-10(7-11)8-12(16(23)24-13)15(22)19-5-6-20-9-18-4-3-14(20)21/h1-4,7-9H,5-6H2,(H,19,22). The molecule has 0 aliphatic carbocycles. The van der Waals surface area contributed by atoms with Crippen LogP contribution in [0.5, 0.6) is 0 Å². The Morgan fingerprint density at radius 1 is 1.25 bits per heavy atom. The van der Waals surface area contributed by atoms with Crippen LogP contribution in [-0.2, 0) is 6.54 Å². The van der Waals surface area contributed by atoms with Crippen molar-refractivity contribution in [3.63, 3.8) is 0 Å². The van der Waals surface area contributed by atoms with Gasteiger partial charge < -0.3 is 9.73 Å². The van der Waals surface area contributed by atoms with Crippen LogP contribution in [0.4, 0.5) is 0 Å². The van der Waals surface area contributed by atoms with Crippen molar-refractivity contribution in [1.82, 2.24) is 14.9 Å². The average Bonchev–Trinajstić information content (AvgIpc) is 2.56. The van der Waals surface area contributed by atoms with Gasteiger partial charge in [-0.2, -0.15) is 0 Å². The van der Waals surface area contributed by atoms with Crippen LogP contribution in [0.3, 0.4) is 0 Å². The number of aromatic nitrogens is 2. The minimum Gasteiger partial charge on any atom is -0.422 e. The summed E-state index contributed by atoms with van der Waals surface area (Å²) in [5, 5.41) is 3.23. The minimum atomic E-state index is -0.708. The topological polar surface area (TPSA) is 94.2 Å². The van der Waals surface area contributed by atoms with E-state index in [-0.39, 0.29) is 24.2 Å². The fourth-order valence-corrected chi connectivity index (χ4v) is 2.56. The lowest BCUT2D eigenvalue weighted by Gasteiger charge is -2.07. The summed E-state index contributed by atoms with van der Waals surface area (Å²) in [5.41, 5.74) is -0.601. The first kappa shape index (κ1) is 16.1. The number of amides is 1. The van der Waals surface area contributed by atoms with Gasteiger partial charge in [-0.15, -0.1) is 0 Å². The molecule has 0 aliphatic rings. The van der Waals surface area contributed by atoms with Crippen LogP contribution in [0.15, 0.2) is 61.3 Å². The van der Waals surface area contributed by atoms with Crippen molar-refractivity contribution in [2.75, 3.05) is 6.54 Å². The molecule has 2 aromatic heterocycles. The highest BCUT2D eigenvalue weighted by Gasteiger charge is 2.13. The molecule has 122 valence electrons. The van der Waals surface area contributed by atoms with Gasteiger partial charge in [0, 0.05) is 35.2 Å². The van der Waals surface area contributed by atoms with Crippen molar-refractivity contribution >= 4 is 32.8 Å². The molecule has 7 nitrogen and oxygen atoms in total. The van der Waals surface area contributed by atoms with Crippen LogP contribution in [0.1, 0.15) is 10.4 Å². The van der Waals surface area contributed by atoms with Gasteiger partial charge >= 0.3 is 5.63 Å². The van der Waals surface area contributed by atoms with Crippen LogP contribution in [0, 0.1) is 0 Å². The molecule has 0 aliphatic heterocycles. The highest BCUT2D eigenvalue weighted by molar-refractivity contribution is 9.10. The first-order valence-electron chi connectivity index (χ1n) is 7.06. The Kier molecular flexibility index (Phi) is 4.57. The van der Waals surface area contributed by atoms with Crippen LogP contribution < -0.4 is 16.5 Å². The third-order valence-electron chi connectivity index (χ3n) is 3.37. The molecular weight excluding hydrogens is 378 g/mol. The second-order valence-electron chi connectivity index (χ2n) is 5.00. The molecule has 0 radical (unpaired) electrons. The van der Waals surface area contributed by atoms with Crippen LogP contribution in [0.25, 0.3) is 11.0 Å². The second-order valence-corrected chi connectivity index (χ2v) is 5.91. The molecule has 3 rings (SSSR count). The van der Waals surface area contributed by atoms with Crippen LogP contribution >= 0.6 is 15.9 Å². The molecule has 0 atom stereocenters. The zero-order valence-corrected chi connectivity index (χ0v) is 13.9. The molecule has 0 saturated carbocycles. The fourth-order valence-electron chi connectivity index (χ4n) is 2.18. The maximum atomic E-state index is 12.2. The SMILES string of the molecule is O=C(NCCn1cnccc1=O)c1cc2cc(Br)ccc2oc1=O. The predicted octanol–water partition coefficient (Wildman–Crippen LogP) is 1.54. The summed E-state index contributed by atoms with van der Waals surface area (Å²) in [6.07, 6.45) is 2.78. The van der Waals surface area contributed by atoms with E-state index in [1.165, 1.54) is 29.2 Å². The summed E-state index contributed by atoms with van der Waals surface area (Å²) >= 11 is 3.33. The maximum absolute atomic E-state index is 12.2. The lowest BCUT2D eigenvalue weighted by molar-refractivity contribution is 0.0948. The van der Waals surface area contributed by atoms with E-state index in [2.05, 4.69) is 26.2 Å². The molecule has 0 saturated heterocycles. The van der Waals surface area contributed by atoms with E-state index < -0.39 is 11.5 Å². The summed E-state index contributed by atoms with van der Waals surface area (Å²) < 4.78 is 7.32. The second kappa shape index (κ2) is 6.79. The molecule has 1 amide bonds. The number of rotatable bonds is 4.